The van der Waals surface area contributed by atoms with Crippen LogP contribution >= 0.6 is 0 Å². The minimum Gasteiger partial charge on any atom is -0.378 e. The van der Waals surface area contributed by atoms with Gasteiger partial charge < -0.3 is 15.2 Å². The van der Waals surface area contributed by atoms with Gasteiger partial charge >= 0.3 is 0 Å². The molecule has 2 heterocycles. The average Bonchev–Trinajstić information content (AvgIpc) is 2.98. The van der Waals surface area contributed by atoms with E-state index in [0.717, 1.165) is 45.1 Å². The van der Waals surface area contributed by atoms with Crippen LogP contribution in [-0.2, 0) is 14.3 Å². The molecule has 102 valence electrons. The Morgan fingerprint density at radius 3 is 2.72 bits per heavy atom. The number of nitrogens with two attached hydrogens (primary N) is 1. The van der Waals surface area contributed by atoms with E-state index in [0.29, 0.717) is 19.0 Å². The number of hydrogen-bond donors (Lipinski definition) is 1. The molecule has 4 heteroatoms. The molecule has 4 nitrogen and oxygen atoms in total. The van der Waals surface area contributed by atoms with Gasteiger partial charge in [-0.05, 0) is 32.1 Å². The highest BCUT2D eigenvalue weighted by atomic mass is 16.6. The second-order valence-corrected chi connectivity index (χ2v) is 6.20. The highest BCUT2D eigenvalue weighted by Gasteiger charge is 2.44. The minimum atomic E-state index is -0.153. The van der Waals surface area contributed by atoms with Crippen molar-refractivity contribution >= 4 is 5.78 Å². The number of hydrogen-bond acceptors (Lipinski definition) is 4. The van der Waals surface area contributed by atoms with Crippen LogP contribution in [0.15, 0.2) is 0 Å². The van der Waals surface area contributed by atoms with E-state index >= 15 is 0 Å². The standard InChI is InChI=1S/C14H23NO3/c15-12-2-1-10(7-12)13(16)11-3-5-18-14(8-11)4-6-17-9-14/h10-12H,1-9,15H2. The summed E-state index contributed by atoms with van der Waals surface area (Å²) in [4.78, 5) is 12.5. The minimum absolute atomic E-state index is 0.153. The van der Waals surface area contributed by atoms with Gasteiger partial charge in [0.2, 0.25) is 0 Å². The summed E-state index contributed by atoms with van der Waals surface area (Å²) in [7, 11) is 0. The molecule has 4 atom stereocenters. The van der Waals surface area contributed by atoms with Gasteiger partial charge in [-0.15, -0.1) is 0 Å². The molecule has 18 heavy (non-hydrogen) atoms. The first-order valence-electron chi connectivity index (χ1n) is 7.20. The van der Waals surface area contributed by atoms with Crippen molar-refractivity contribution in [2.45, 2.75) is 50.2 Å². The molecule has 2 N–H and O–H groups in total. The summed E-state index contributed by atoms with van der Waals surface area (Å²) in [5.41, 5.74) is 5.76. The van der Waals surface area contributed by atoms with Crippen LogP contribution in [0.5, 0.6) is 0 Å². The summed E-state index contributed by atoms with van der Waals surface area (Å²) >= 11 is 0. The summed E-state index contributed by atoms with van der Waals surface area (Å²) in [5, 5.41) is 0. The van der Waals surface area contributed by atoms with E-state index in [9.17, 15) is 4.79 Å². The quantitative estimate of drug-likeness (QED) is 0.805. The van der Waals surface area contributed by atoms with E-state index in [4.69, 9.17) is 15.2 Å². The van der Waals surface area contributed by atoms with Gasteiger partial charge in [0.05, 0.1) is 12.2 Å². The third kappa shape index (κ3) is 2.33. The Bertz CT molecular complexity index is 325. The Morgan fingerprint density at radius 2 is 2.06 bits per heavy atom. The smallest absolute Gasteiger partial charge is 0.139 e. The Labute approximate surface area is 108 Å². The van der Waals surface area contributed by atoms with Crippen molar-refractivity contribution in [3.05, 3.63) is 0 Å². The number of carbonyl (C=O) groups excluding carboxylic acids is 1. The fourth-order valence-corrected chi connectivity index (χ4v) is 3.74. The van der Waals surface area contributed by atoms with E-state index < -0.39 is 0 Å². The molecule has 3 fully saturated rings. The van der Waals surface area contributed by atoms with Gasteiger partial charge in [0.1, 0.15) is 5.78 Å². The molecule has 0 amide bonds. The molecule has 3 aliphatic rings. The first-order valence-corrected chi connectivity index (χ1v) is 7.20. The second-order valence-electron chi connectivity index (χ2n) is 6.20. The Balaban J connectivity index is 1.63. The molecule has 0 aromatic heterocycles. The second kappa shape index (κ2) is 4.91. The predicted molar refractivity (Wildman–Crippen MR) is 67.2 cm³/mol. The van der Waals surface area contributed by atoms with E-state index in [1.54, 1.807) is 0 Å². The van der Waals surface area contributed by atoms with Gasteiger partial charge in [-0.3, -0.25) is 4.79 Å². The zero-order chi connectivity index (χ0) is 12.6. The highest BCUT2D eigenvalue weighted by Crippen LogP contribution is 2.39. The molecule has 4 unspecified atom stereocenters. The third-order valence-electron chi connectivity index (χ3n) is 4.84. The van der Waals surface area contributed by atoms with Crippen molar-refractivity contribution in [2.24, 2.45) is 17.6 Å². The van der Waals surface area contributed by atoms with Crippen molar-refractivity contribution < 1.29 is 14.3 Å². The maximum Gasteiger partial charge on any atom is 0.139 e. The molecule has 3 rings (SSSR count). The van der Waals surface area contributed by atoms with Gasteiger partial charge in [-0.2, -0.15) is 0 Å². The normalized spacial score (nSPS) is 44.6. The molecule has 1 spiro atoms. The van der Waals surface area contributed by atoms with Gasteiger partial charge in [0.15, 0.2) is 0 Å². The van der Waals surface area contributed by atoms with Crippen LogP contribution in [0.25, 0.3) is 0 Å². The van der Waals surface area contributed by atoms with Crippen molar-refractivity contribution in [2.75, 3.05) is 19.8 Å². The monoisotopic (exact) mass is 253 g/mol. The predicted octanol–water partition coefficient (Wildman–Crippen LogP) is 1.27. The average molecular weight is 253 g/mol. The zero-order valence-electron chi connectivity index (χ0n) is 10.9. The number of rotatable bonds is 2. The van der Waals surface area contributed by atoms with Crippen LogP contribution in [0.3, 0.4) is 0 Å². The number of Topliss-reactive ketones (excluding diaryl/α,β-unsaturated/α-hetero) is 1. The van der Waals surface area contributed by atoms with Gasteiger partial charge in [-0.25, -0.2) is 0 Å². The SMILES string of the molecule is NC1CCC(C(=O)C2CCOC3(CCOC3)C2)C1. The van der Waals surface area contributed by atoms with Crippen LogP contribution in [0.4, 0.5) is 0 Å². The fraction of sp³-hybridized carbons (Fsp3) is 0.929. The number of carbonyl (C=O) groups is 1. The first kappa shape index (κ1) is 12.6. The lowest BCUT2D eigenvalue weighted by molar-refractivity contribution is -0.140. The van der Waals surface area contributed by atoms with Gasteiger partial charge in [0, 0.05) is 37.5 Å². The lowest BCUT2D eigenvalue weighted by atomic mass is 9.79. The Hall–Kier alpha value is -0.450. The van der Waals surface area contributed by atoms with Gasteiger partial charge in [-0.1, -0.05) is 0 Å². The zero-order valence-corrected chi connectivity index (χ0v) is 10.9. The number of ether oxygens (including phenoxy) is 2. The molecule has 2 aliphatic heterocycles. The fourth-order valence-electron chi connectivity index (χ4n) is 3.74. The summed E-state index contributed by atoms with van der Waals surface area (Å²) in [6.45, 7) is 2.15. The van der Waals surface area contributed by atoms with E-state index in [1.165, 1.54) is 0 Å². The summed E-state index contributed by atoms with van der Waals surface area (Å²) in [6, 6.07) is 0.238. The first-order chi connectivity index (χ1) is 8.69. The van der Waals surface area contributed by atoms with E-state index in [-0.39, 0.29) is 23.5 Å². The maximum atomic E-state index is 12.5. The molecule has 0 bridgehead atoms. The molecular formula is C14H23NO3. The third-order valence-corrected chi connectivity index (χ3v) is 4.84. The Kier molecular flexibility index (Phi) is 3.43. The molecule has 1 saturated carbocycles. The van der Waals surface area contributed by atoms with Crippen LogP contribution in [0.2, 0.25) is 0 Å². The maximum absolute atomic E-state index is 12.5. The van der Waals surface area contributed by atoms with Gasteiger partial charge in [0.25, 0.3) is 0 Å². The lowest BCUT2D eigenvalue weighted by Crippen LogP contribution is -2.43. The van der Waals surface area contributed by atoms with Crippen molar-refractivity contribution in [1.82, 2.24) is 0 Å². The lowest BCUT2D eigenvalue weighted by Gasteiger charge is -2.37. The molecule has 2 saturated heterocycles. The molecule has 0 radical (unpaired) electrons. The summed E-state index contributed by atoms with van der Waals surface area (Å²) in [6.07, 6.45) is 5.57. The van der Waals surface area contributed by atoms with Crippen molar-refractivity contribution in [3.63, 3.8) is 0 Å². The largest absolute Gasteiger partial charge is 0.378 e. The molecule has 0 aromatic rings. The van der Waals surface area contributed by atoms with E-state index in [1.807, 2.05) is 0 Å². The molecule has 0 aromatic carbocycles. The summed E-state index contributed by atoms with van der Waals surface area (Å²) in [5.74, 6) is 0.829. The highest BCUT2D eigenvalue weighted by molar-refractivity contribution is 5.84. The number of ketones is 1. The molecule has 1 aliphatic carbocycles. The Morgan fingerprint density at radius 1 is 1.17 bits per heavy atom. The van der Waals surface area contributed by atoms with Crippen LogP contribution < -0.4 is 5.73 Å². The van der Waals surface area contributed by atoms with E-state index in [2.05, 4.69) is 0 Å². The van der Waals surface area contributed by atoms with Crippen molar-refractivity contribution in [3.8, 4) is 0 Å². The summed E-state index contributed by atoms with van der Waals surface area (Å²) < 4.78 is 11.3. The topological polar surface area (TPSA) is 61.6 Å². The van der Waals surface area contributed by atoms with Crippen LogP contribution in [0, 0.1) is 11.8 Å². The van der Waals surface area contributed by atoms with Crippen LogP contribution in [0.1, 0.15) is 38.5 Å². The van der Waals surface area contributed by atoms with Crippen molar-refractivity contribution in [1.29, 1.82) is 0 Å². The van der Waals surface area contributed by atoms with Crippen LogP contribution in [-0.4, -0.2) is 37.2 Å². The molecular weight excluding hydrogens is 230 g/mol.